The number of nitrogens with one attached hydrogen (secondary N) is 1. The molecule has 0 bridgehead atoms. The molecule has 96 valence electrons. The van der Waals surface area contributed by atoms with E-state index in [9.17, 15) is 0 Å². The van der Waals surface area contributed by atoms with Crippen molar-refractivity contribution >= 4 is 17.2 Å². The molecule has 1 aromatic rings. The molecule has 2 atom stereocenters. The van der Waals surface area contributed by atoms with Crippen molar-refractivity contribution in [2.24, 2.45) is 10.9 Å². The van der Waals surface area contributed by atoms with E-state index >= 15 is 0 Å². The Morgan fingerprint density at radius 3 is 2.88 bits per heavy atom. The minimum Gasteiger partial charge on any atom is -0.409 e. The molecular weight excluding hydrogens is 236 g/mol. The third-order valence-electron chi connectivity index (χ3n) is 2.57. The zero-order chi connectivity index (χ0) is 12.8. The van der Waals surface area contributed by atoms with E-state index in [0.717, 1.165) is 11.4 Å². The lowest BCUT2D eigenvalue weighted by Gasteiger charge is -2.20. The molecule has 0 aromatic carbocycles. The first-order valence-electron chi connectivity index (χ1n) is 5.71. The summed E-state index contributed by atoms with van der Waals surface area (Å²) < 4.78 is 0. The van der Waals surface area contributed by atoms with Crippen LogP contribution in [-0.2, 0) is 0 Å². The van der Waals surface area contributed by atoms with Crippen LogP contribution >= 0.6 is 11.3 Å². The molecule has 4 N–H and O–H groups in total. The Morgan fingerprint density at radius 1 is 1.71 bits per heavy atom. The summed E-state index contributed by atoms with van der Waals surface area (Å²) >= 11 is 1.69. The molecule has 0 radical (unpaired) electrons. The lowest BCUT2D eigenvalue weighted by molar-refractivity contribution is 0.315. The Balaban J connectivity index is 2.56. The van der Waals surface area contributed by atoms with Crippen LogP contribution in [0.25, 0.3) is 0 Å². The highest BCUT2D eigenvalue weighted by Gasteiger charge is 2.15. The van der Waals surface area contributed by atoms with Gasteiger partial charge in [0.15, 0.2) is 0 Å². The van der Waals surface area contributed by atoms with Gasteiger partial charge in [-0.2, -0.15) is 0 Å². The fourth-order valence-electron chi connectivity index (χ4n) is 1.61. The van der Waals surface area contributed by atoms with Gasteiger partial charge in [-0.1, -0.05) is 12.1 Å². The van der Waals surface area contributed by atoms with Gasteiger partial charge in [-0.15, -0.1) is 11.3 Å². The van der Waals surface area contributed by atoms with E-state index in [2.05, 4.69) is 29.3 Å². The van der Waals surface area contributed by atoms with Gasteiger partial charge in [0.25, 0.3) is 0 Å². The van der Waals surface area contributed by atoms with Crippen LogP contribution in [0.4, 0.5) is 0 Å². The number of nitrogens with two attached hydrogens (primary N) is 1. The SMILES string of the molecule is CCC(C/C(N)=N/O)NC(C)c1ncc(C)s1. The first-order chi connectivity index (χ1) is 8.06. The summed E-state index contributed by atoms with van der Waals surface area (Å²) in [6.07, 6.45) is 3.34. The van der Waals surface area contributed by atoms with E-state index in [1.807, 2.05) is 13.1 Å². The summed E-state index contributed by atoms with van der Waals surface area (Å²) in [6, 6.07) is 0.384. The molecule has 0 aliphatic rings. The first-order valence-corrected chi connectivity index (χ1v) is 6.53. The quantitative estimate of drug-likeness (QED) is 0.315. The van der Waals surface area contributed by atoms with Crippen LogP contribution < -0.4 is 11.1 Å². The Bertz CT molecular complexity index is 377. The van der Waals surface area contributed by atoms with E-state index in [0.29, 0.717) is 6.42 Å². The Morgan fingerprint density at radius 2 is 2.41 bits per heavy atom. The van der Waals surface area contributed by atoms with Crippen molar-refractivity contribution < 1.29 is 5.21 Å². The zero-order valence-electron chi connectivity index (χ0n) is 10.5. The van der Waals surface area contributed by atoms with Crippen LogP contribution in [0.15, 0.2) is 11.4 Å². The second kappa shape index (κ2) is 6.56. The van der Waals surface area contributed by atoms with Crippen molar-refractivity contribution in [2.75, 3.05) is 0 Å². The molecule has 1 heterocycles. The molecule has 0 spiro atoms. The van der Waals surface area contributed by atoms with Crippen molar-refractivity contribution in [1.82, 2.24) is 10.3 Å². The van der Waals surface area contributed by atoms with Crippen LogP contribution in [-0.4, -0.2) is 22.1 Å². The fraction of sp³-hybridized carbons (Fsp3) is 0.636. The molecule has 6 heteroatoms. The molecule has 0 aliphatic carbocycles. The molecule has 0 saturated heterocycles. The fourth-order valence-corrected chi connectivity index (χ4v) is 2.40. The molecule has 1 aromatic heterocycles. The number of nitrogens with zero attached hydrogens (tertiary/aromatic N) is 2. The van der Waals surface area contributed by atoms with Gasteiger partial charge in [0.05, 0.1) is 6.04 Å². The number of thiazole rings is 1. The van der Waals surface area contributed by atoms with Gasteiger partial charge < -0.3 is 16.3 Å². The van der Waals surface area contributed by atoms with Gasteiger partial charge in [0, 0.05) is 23.5 Å². The zero-order valence-corrected chi connectivity index (χ0v) is 11.3. The summed E-state index contributed by atoms with van der Waals surface area (Å²) in [5.41, 5.74) is 5.51. The topological polar surface area (TPSA) is 83.5 Å². The Hall–Kier alpha value is -1.14. The molecule has 0 fully saturated rings. The largest absolute Gasteiger partial charge is 0.409 e. The summed E-state index contributed by atoms with van der Waals surface area (Å²) in [5, 5.41) is 16.1. The lowest BCUT2D eigenvalue weighted by Crippen LogP contribution is -2.34. The summed E-state index contributed by atoms with van der Waals surface area (Å²) in [6.45, 7) is 6.19. The number of aryl methyl sites for hydroxylation is 1. The maximum Gasteiger partial charge on any atom is 0.140 e. The maximum atomic E-state index is 8.56. The predicted molar refractivity (Wildman–Crippen MR) is 70.5 cm³/mol. The highest BCUT2D eigenvalue weighted by atomic mass is 32.1. The van der Waals surface area contributed by atoms with E-state index in [-0.39, 0.29) is 17.9 Å². The third kappa shape index (κ3) is 4.32. The second-order valence-electron chi connectivity index (χ2n) is 4.10. The monoisotopic (exact) mass is 256 g/mol. The molecule has 2 unspecified atom stereocenters. The van der Waals surface area contributed by atoms with Crippen LogP contribution in [0.5, 0.6) is 0 Å². The van der Waals surface area contributed by atoms with Gasteiger partial charge in [0.1, 0.15) is 10.8 Å². The van der Waals surface area contributed by atoms with Gasteiger partial charge in [-0.25, -0.2) is 4.98 Å². The van der Waals surface area contributed by atoms with Crippen LogP contribution in [0.1, 0.15) is 42.6 Å². The van der Waals surface area contributed by atoms with Crippen molar-refractivity contribution in [3.05, 3.63) is 16.1 Å². The van der Waals surface area contributed by atoms with Crippen molar-refractivity contribution in [1.29, 1.82) is 0 Å². The molecule has 0 saturated carbocycles. The Labute approximate surface area is 106 Å². The van der Waals surface area contributed by atoms with Crippen LogP contribution in [0.2, 0.25) is 0 Å². The lowest BCUT2D eigenvalue weighted by atomic mass is 10.1. The average molecular weight is 256 g/mol. The summed E-state index contributed by atoms with van der Waals surface area (Å²) in [7, 11) is 0. The minimum atomic E-state index is 0.185. The first kappa shape index (κ1) is 13.9. The number of oxime groups is 1. The summed E-state index contributed by atoms with van der Waals surface area (Å²) in [5.74, 6) is 0.256. The third-order valence-corrected chi connectivity index (χ3v) is 3.67. The average Bonchev–Trinajstić information content (AvgIpc) is 2.74. The van der Waals surface area contributed by atoms with Crippen LogP contribution in [0.3, 0.4) is 0 Å². The van der Waals surface area contributed by atoms with Crippen LogP contribution in [0, 0.1) is 6.92 Å². The molecule has 17 heavy (non-hydrogen) atoms. The van der Waals surface area contributed by atoms with Gasteiger partial charge in [-0.05, 0) is 20.3 Å². The normalized spacial score (nSPS) is 15.8. The second-order valence-corrected chi connectivity index (χ2v) is 5.36. The van der Waals surface area contributed by atoms with Crippen molar-refractivity contribution in [3.63, 3.8) is 0 Å². The highest BCUT2D eigenvalue weighted by Crippen LogP contribution is 2.20. The minimum absolute atomic E-state index is 0.185. The molecule has 1 rings (SSSR count). The van der Waals surface area contributed by atoms with Gasteiger partial charge >= 0.3 is 0 Å². The van der Waals surface area contributed by atoms with Gasteiger partial charge in [0.2, 0.25) is 0 Å². The standard InChI is InChI=1S/C11H20N4OS/c1-4-9(5-10(12)15-16)14-8(3)11-13-6-7(2)17-11/h6,8-9,14,16H,4-5H2,1-3H3,(H2,12,15). The molecule has 0 amide bonds. The number of aromatic nitrogens is 1. The van der Waals surface area contributed by atoms with Crippen molar-refractivity contribution in [2.45, 2.75) is 45.7 Å². The maximum absolute atomic E-state index is 8.56. The van der Waals surface area contributed by atoms with E-state index in [4.69, 9.17) is 10.9 Å². The smallest absolute Gasteiger partial charge is 0.140 e. The summed E-state index contributed by atoms with van der Waals surface area (Å²) in [4.78, 5) is 5.55. The molecule has 0 aliphatic heterocycles. The Kier molecular flexibility index (Phi) is 5.37. The molecular formula is C11H20N4OS. The number of amidine groups is 1. The van der Waals surface area contributed by atoms with Crippen molar-refractivity contribution in [3.8, 4) is 0 Å². The highest BCUT2D eigenvalue weighted by molar-refractivity contribution is 7.11. The number of hydrogen-bond donors (Lipinski definition) is 3. The van der Waals surface area contributed by atoms with E-state index < -0.39 is 0 Å². The number of rotatable bonds is 6. The van der Waals surface area contributed by atoms with Gasteiger partial charge in [-0.3, -0.25) is 0 Å². The molecule has 5 nitrogen and oxygen atoms in total. The van der Waals surface area contributed by atoms with E-state index in [1.165, 1.54) is 4.88 Å². The number of hydrogen-bond acceptors (Lipinski definition) is 5. The predicted octanol–water partition coefficient (Wildman–Crippen LogP) is 2.02. The van der Waals surface area contributed by atoms with E-state index in [1.54, 1.807) is 11.3 Å².